The van der Waals surface area contributed by atoms with Crippen LogP contribution in [-0.2, 0) is 20.8 Å². The van der Waals surface area contributed by atoms with Gasteiger partial charge in [0, 0.05) is 0 Å². The van der Waals surface area contributed by atoms with Crippen molar-refractivity contribution in [3.8, 4) is 0 Å². The van der Waals surface area contributed by atoms with E-state index in [1.165, 1.54) is 0 Å². The van der Waals surface area contributed by atoms with Crippen LogP contribution < -0.4 is 0 Å². The third-order valence-electron chi connectivity index (χ3n) is 5.12. The molecule has 1 aliphatic heterocycles. The Kier molecular flexibility index (Phi) is 6.90. The van der Waals surface area contributed by atoms with Crippen molar-refractivity contribution >= 4 is 6.09 Å². The molecule has 6 nitrogen and oxygen atoms in total. The Morgan fingerprint density at radius 1 is 1.10 bits per heavy atom. The second-order valence-electron chi connectivity index (χ2n) is 7.69. The highest BCUT2D eigenvalue weighted by molar-refractivity contribution is 5.69. The number of aliphatic hydroxyl groups is 1. The third-order valence-corrected chi connectivity index (χ3v) is 5.12. The van der Waals surface area contributed by atoms with E-state index in [0.717, 1.165) is 11.1 Å². The van der Waals surface area contributed by atoms with Crippen molar-refractivity contribution in [2.24, 2.45) is 0 Å². The summed E-state index contributed by atoms with van der Waals surface area (Å²) in [6.45, 7) is 5.88. The average Bonchev–Trinajstić information content (AvgIpc) is 2.87. The van der Waals surface area contributed by atoms with Crippen LogP contribution in [0.25, 0.3) is 0 Å². The molecule has 1 fully saturated rings. The van der Waals surface area contributed by atoms with E-state index in [1.54, 1.807) is 18.7 Å². The van der Waals surface area contributed by atoms with Gasteiger partial charge >= 0.3 is 6.09 Å². The smallest absolute Gasteiger partial charge is 0.411 e. The Morgan fingerprint density at radius 2 is 1.69 bits per heavy atom. The van der Waals surface area contributed by atoms with E-state index in [9.17, 15) is 9.90 Å². The molecule has 0 saturated carbocycles. The molecule has 6 heteroatoms. The summed E-state index contributed by atoms with van der Waals surface area (Å²) >= 11 is 0. The van der Waals surface area contributed by atoms with Crippen LogP contribution in [0.4, 0.5) is 4.79 Å². The first-order valence-corrected chi connectivity index (χ1v) is 9.87. The lowest BCUT2D eigenvalue weighted by molar-refractivity contribution is -0.204. The largest absolute Gasteiger partial charge is 0.445 e. The molecule has 3 rings (SSSR count). The van der Waals surface area contributed by atoms with Crippen LogP contribution in [0, 0.1) is 0 Å². The number of benzene rings is 2. The third kappa shape index (κ3) is 5.56. The van der Waals surface area contributed by atoms with Crippen LogP contribution in [-0.4, -0.2) is 47.2 Å². The van der Waals surface area contributed by atoms with Gasteiger partial charge in [-0.05, 0) is 31.9 Å². The molecule has 2 aromatic carbocycles. The van der Waals surface area contributed by atoms with E-state index in [0.29, 0.717) is 0 Å². The number of aliphatic hydroxyl groups excluding tert-OH is 1. The van der Waals surface area contributed by atoms with Crippen molar-refractivity contribution in [3.05, 3.63) is 71.8 Å². The summed E-state index contributed by atoms with van der Waals surface area (Å²) in [6.07, 6.45) is -1.40. The predicted octanol–water partition coefficient (Wildman–Crippen LogP) is 3.90. The monoisotopic (exact) mass is 399 g/mol. The molecule has 3 atom stereocenters. The van der Waals surface area contributed by atoms with E-state index in [1.807, 2.05) is 67.6 Å². The van der Waals surface area contributed by atoms with Crippen LogP contribution in [0.2, 0.25) is 0 Å². The molecule has 0 unspecified atom stereocenters. The van der Waals surface area contributed by atoms with Gasteiger partial charge in [-0.1, -0.05) is 60.7 Å². The van der Waals surface area contributed by atoms with Gasteiger partial charge in [0.1, 0.15) is 12.7 Å². The predicted molar refractivity (Wildman–Crippen MR) is 109 cm³/mol. The van der Waals surface area contributed by atoms with Gasteiger partial charge in [0.15, 0.2) is 5.79 Å². The van der Waals surface area contributed by atoms with Gasteiger partial charge in [-0.15, -0.1) is 0 Å². The highest BCUT2D eigenvalue weighted by Crippen LogP contribution is 2.28. The lowest BCUT2D eigenvalue weighted by Gasteiger charge is -2.37. The fraction of sp³-hybridized carbons (Fsp3) is 0.435. The fourth-order valence-electron chi connectivity index (χ4n) is 3.37. The SMILES string of the molecule is C[C@@H](c1ccccc1)N(C(=O)OCc1ccccc1)[C@@H]1COC(C)(C)OC[C@H]1O. The molecule has 0 spiro atoms. The van der Waals surface area contributed by atoms with Crippen LogP contribution in [0.5, 0.6) is 0 Å². The molecule has 0 aliphatic carbocycles. The maximum atomic E-state index is 13.1. The number of amides is 1. The Balaban J connectivity index is 1.83. The normalized spacial score (nSPS) is 22.3. The van der Waals surface area contributed by atoms with Crippen molar-refractivity contribution in [3.63, 3.8) is 0 Å². The summed E-state index contributed by atoms with van der Waals surface area (Å²) in [5, 5.41) is 10.7. The number of nitrogens with zero attached hydrogens (tertiary/aromatic N) is 1. The van der Waals surface area contributed by atoms with Crippen LogP contribution in [0.15, 0.2) is 60.7 Å². The summed E-state index contributed by atoms with van der Waals surface area (Å²) in [6, 6.07) is 18.3. The van der Waals surface area contributed by atoms with Gasteiger partial charge < -0.3 is 19.3 Å². The summed E-state index contributed by atoms with van der Waals surface area (Å²) in [5.41, 5.74) is 1.84. The fourth-order valence-corrected chi connectivity index (χ4v) is 3.37. The number of ether oxygens (including phenoxy) is 3. The van der Waals surface area contributed by atoms with Crippen molar-refractivity contribution in [2.45, 2.75) is 51.4 Å². The second kappa shape index (κ2) is 9.39. The van der Waals surface area contributed by atoms with E-state index in [-0.39, 0.29) is 25.9 Å². The number of hydrogen-bond donors (Lipinski definition) is 1. The topological polar surface area (TPSA) is 68.2 Å². The van der Waals surface area contributed by atoms with E-state index < -0.39 is 24.0 Å². The zero-order valence-corrected chi connectivity index (χ0v) is 17.2. The van der Waals surface area contributed by atoms with Gasteiger partial charge in [0.25, 0.3) is 0 Å². The van der Waals surface area contributed by atoms with Gasteiger partial charge in [0.2, 0.25) is 0 Å². The Labute approximate surface area is 172 Å². The highest BCUT2D eigenvalue weighted by Gasteiger charge is 2.39. The van der Waals surface area contributed by atoms with E-state index >= 15 is 0 Å². The first-order chi connectivity index (χ1) is 13.9. The Hall–Kier alpha value is -2.41. The molecule has 1 saturated heterocycles. The van der Waals surface area contributed by atoms with Gasteiger partial charge in [-0.2, -0.15) is 0 Å². The molecule has 0 radical (unpaired) electrons. The Morgan fingerprint density at radius 3 is 2.34 bits per heavy atom. The lowest BCUT2D eigenvalue weighted by atomic mass is 10.0. The number of hydrogen-bond acceptors (Lipinski definition) is 5. The zero-order chi connectivity index (χ0) is 20.9. The molecule has 1 heterocycles. The molecule has 29 heavy (non-hydrogen) atoms. The average molecular weight is 399 g/mol. The minimum atomic E-state index is -0.896. The lowest BCUT2D eigenvalue weighted by Crippen LogP contribution is -2.51. The van der Waals surface area contributed by atoms with Gasteiger partial charge in [-0.3, -0.25) is 4.90 Å². The summed E-state index contributed by atoms with van der Waals surface area (Å²) in [7, 11) is 0. The van der Waals surface area contributed by atoms with Crippen molar-refractivity contribution in [1.29, 1.82) is 0 Å². The molecule has 1 N–H and O–H groups in total. The molecule has 1 amide bonds. The number of rotatable bonds is 5. The second-order valence-corrected chi connectivity index (χ2v) is 7.69. The minimum absolute atomic E-state index is 0.0711. The molecule has 0 bridgehead atoms. The maximum Gasteiger partial charge on any atom is 0.411 e. The molecular formula is C23H29NO5. The molecule has 1 aliphatic rings. The van der Waals surface area contributed by atoms with Crippen LogP contribution in [0.3, 0.4) is 0 Å². The molecule has 2 aromatic rings. The number of carbonyl (C=O) groups is 1. The minimum Gasteiger partial charge on any atom is -0.445 e. The summed E-state index contributed by atoms with van der Waals surface area (Å²) < 4.78 is 17.1. The molecule has 0 aromatic heterocycles. The van der Waals surface area contributed by atoms with E-state index in [4.69, 9.17) is 14.2 Å². The van der Waals surface area contributed by atoms with Gasteiger partial charge in [-0.25, -0.2) is 4.79 Å². The molecule has 156 valence electrons. The van der Waals surface area contributed by atoms with Crippen molar-refractivity contribution < 1.29 is 24.1 Å². The zero-order valence-electron chi connectivity index (χ0n) is 17.2. The van der Waals surface area contributed by atoms with Crippen LogP contribution in [0.1, 0.15) is 37.9 Å². The first-order valence-electron chi connectivity index (χ1n) is 9.87. The standard InChI is InChI=1S/C23H29NO5/c1-17(19-12-8-5-9-13-19)24(20-15-28-23(2,3)29-16-21(20)25)22(26)27-14-18-10-6-4-7-11-18/h4-13,17,20-21,25H,14-16H2,1-3H3/t17-,20+,21+/m0/s1. The van der Waals surface area contributed by atoms with Crippen molar-refractivity contribution in [2.75, 3.05) is 13.2 Å². The van der Waals surface area contributed by atoms with Gasteiger partial charge in [0.05, 0.1) is 25.3 Å². The Bertz CT molecular complexity index is 780. The number of carbonyl (C=O) groups excluding carboxylic acids is 1. The summed E-state index contributed by atoms with van der Waals surface area (Å²) in [4.78, 5) is 14.7. The van der Waals surface area contributed by atoms with Crippen molar-refractivity contribution in [1.82, 2.24) is 4.90 Å². The summed E-state index contributed by atoms with van der Waals surface area (Å²) in [5.74, 6) is -0.828. The van der Waals surface area contributed by atoms with E-state index in [2.05, 4.69) is 0 Å². The molecular weight excluding hydrogens is 370 g/mol. The maximum absolute atomic E-state index is 13.1. The first kappa shape index (κ1) is 21.3. The van der Waals surface area contributed by atoms with Crippen LogP contribution >= 0.6 is 0 Å². The quantitative estimate of drug-likeness (QED) is 0.826. The highest BCUT2D eigenvalue weighted by atomic mass is 16.7.